The Labute approximate surface area is 103 Å². The van der Waals surface area contributed by atoms with Crippen LogP contribution in [-0.4, -0.2) is 17.8 Å². The Bertz CT molecular complexity index is 271. The van der Waals surface area contributed by atoms with Gasteiger partial charge in [0.1, 0.15) is 0 Å². The molecule has 1 aromatic rings. The fraction of sp³-hybridized carbons (Fsp3) is 0.692. The van der Waals surface area contributed by atoms with E-state index >= 15 is 0 Å². The molecule has 0 aliphatic rings. The molecule has 0 aliphatic carbocycles. The van der Waals surface area contributed by atoms with Crippen molar-refractivity contribution in [1.29, 1.82) is 0 Å². The standard InChI is InChI=1S/C13H23NOS/c1-4-11(10(2)3)14-12(7-8-15)13-6-5-9-16-13/h5-6,9-12,14-15H,4,7-8H2,1-3H3. The van der Waals surface area contributed by atoms with Gasteiger partial charge in [-0.15, -0.1) is 11.3 Å². The average molecular weight is 241 g/mol. The summed E-state index contributed by atoms with van der Waals surface area (Å²) in [5.74, 6) is 0.631. The molecule has 0 saturated carbocycles. The van der Waals surface area contributed by atoms with Gasteiger partial charge in [0.2, 0.25) is 0 Å². The molecule has 2 N–H and O–H groups in total. The Morgan fingerprint density at radius 3 is 2.62 bits per heavy atom. The second kappa shape index (κ2) is 7.05. The molecule has 3 heteroatoms. The first-order chi connectivity index (χ1) is 7.69. The summed E-state index contributed by atoms with van der Waals surface area (Å²) in [4.78, 5) is 1.33. The molecule has 16 heavy (non-hydrogen) atoms. The maximum Gasteiger partial charge on any atom is 0.0449 e. The van der Waals surface area contributed by atoms with Crippen LogP contribution in [0.1, 0.15) is 44.5 Å². The Morgan fingerprint density at radius 2 is 2.19 bits per heavy atom. The molecule has 2 nitrogen and oxygen atoms in total. The van der Waals surface area contributed by atoms with Gasteiger partial charge in [0.05, 0.1) is 0 Å². The number of nitrogens with one attached hydrogen (secondary N) is 1. The van der Waals surface area contributed by atoms with E-state index in [1.807, 2.05) is 0 Å². The smallest absolute Gasteiger partial charge is 0.0449 e. The lowest BCUT2D eigenvalue weighted by Gasteiger charge is -2.26. The predicted molar refractivity (Wildman–Crippen MR) is 70.8 cm³/mol. The highest BCUT2D eigenvalue weighted by molar-refractivity contribution is 7.10. The predicted octanol–water partition coefficient (Wildman–Crippen LogP) is 3.20. The molecule has 0 aromatic carbocycles. The quantitative estimate of drug-likeness (QED) is 0.768. The van der Waals surface area contributed by atoms with Crippen LogP contribution in [0.25, 0.3) is 0 Å². The van der Waals surface area contributed by atoms with Crippen LogP contribution in [0.5, 0.6) is 0 Å². The van der Waals surface area contributed by atoms with Crippen LogP contribution in [0.3, 0.4) is 0 Å². The number of rotatable bonds is 7. The summed E-state index contributed by atoms with van der Waals surface area (Å²) in [7, 11) is 0. The maximum atomic E-state index is 9.12. The van der Waals surface area contributed by atoms with Gasteiger partial charge in [-0.3, -0.25) is 0 Å². The molecule has 0 spiro atoms. The molecule has 0 fully saturated rings. The number of hydrogen-bond donors (Lipinski definition) is 2. The zero-order valence-corrected chi connectivity index (χ0v) is 11.3. The van der Waals surface area contributed by atoms with Gasteiger partial charge in [0, 0.05) is 23.6 Å². The molecule has 0 radical (unpaired) electrons. The first-order valence-electron chi connectivity index (χ1n) is 6.09. The summed E-state index contributed by atoms with van der Waals surface area (Å²) in [6, 6.07) is 5.05. The van der Waals surface area contributed by atoms with E-state index in [-0.39, 0.29) is 6.61 Å². The Morgan fingerprint density at radius 1 is 1.44 bits per heavy atom. The van der Waals surface area contributed by atoms with Crippen molar-refractivity contribution in [3.63, 3.8) is 0 Å². The summed E-state index contributed by atoms with van der Waals surface area (Å²) < 4.78 is 0. The molecule has 0 amide bonds. The van der Waals surface area contributed by atoms with E-state index in [0.717, 1.165) is 12.8 Å². The lowest BCUT2D eigenvalue weighted by Crippen LogP contribution is -2.36. The van der Waals surface area contributed by atoms with Gasteiger partial charge in [-0.2, -0.15) is 0 Å². The lowest BCUT2D eigenvalue weighted by molar-refractivity contribution is 0.249. The lowest BCUT2D eigenvalue weighted by atomic mass is 10.00. The molecule has 1 heterocycles. The highest BCUT2D eigenvalue weighted by Gasteiger charge is 2.18. The van der Waals surface area contributed by atoms with Crippen molar-refractivity contribution in [3.05, 3.63) is 22.4 Å². The molecular formula is C13H23NOS. The minimum absolute atomic E-state index is 0.240. The highest BCUT2D eigenvalue weighted by Crippen LogP contribution is 2.23. The van der Waals surface area contributed by atoms with E-state index in [2.05, 4.69) is 43.6 Å². The summed E-state index contributed by atoms with van der Waals surface area (Å²) >= 11 is 1.76. The molecule has 92 valence electrons. The third-order valence-electron chi connectivity index (χ3n) is 2.96. The number of aliphatic hydroxyl groups excluding tert-OH is 1. The molecule has 0 saturated heterocycles. The minimum Gasteiger partial charge on any atom is -0.396 e. The molecule has 1 rings (SSSR count). The van der Waals surface area contributed by atoms with Crippen LogP contribution < -0.4 is 5.32 Å². The minimum atomic E-state index is 0.240. The van der Waals surface area contributed by atoms with Crippen LogP contribution in [0, 0.1) is 5.92 Å². The average Bonchev–Trinajstić information content (AvgIpc) is 2.76. The van der Waals surface area contributed by atoms with E-state index in [4.69, 9.17) is 5.11 Å². The first kappa shape index (κ1) is 13.7. The molecule has 0 aliphatic heterocycles. The van der Waals surface area contributed by atoms with Gasteiger partial charge in [-0.05, 0) is 30.2 Å². The Hall–Kier alpha value is -0.380. The fourth-order valence-corrected chi connectivity index (χ4v) is 2.79. The van der Waals surface area contributed by atoms with Crippen molar-refractivity contribution < 1.29 is 5.11 Å². The molecule has 2 unspecified atom stereocenters. The van der Waals surface area contributed by atoms with E-state index in [0.29, 0.717) is 18.0 Å². The maximum absolute atomic E-state index is 9.12. The van der Waals surface area contributed by atoms with Crippen LogP contribution >= 0.6 is 11.3 Å². The van der Waals surface area contributed by atoms with Crippen LogP contribution in [0.15, 0.2) is 17.5 Å². The number of thiophene rings is 1. The van der Waals surface area contributed by atoms with Crippen LogP contribution in [0.4, 0.5) is 0 Å². The van der Waals surface area contributed by atoms with Crippen LogP contribution in [0.2, 0.25) is 0 Å². The second-order valence-electron chi connectivity index (χ2n) is 4.51. The van der Waals surface area contributed by atoms with Gasteiger partial charge in [0.25, 0.3) is 0 Å². The summed E-state index contributed by atoms with van der Waals surface area (Å²) in [6.07, 6.45) is 1.93. The fourth-order valence-electron chi connectivity index (χ4n) is 1.97. The largest absolute Gasteiger partial charge is 0.396 e. The second-order valence-corrected chi connectivity index (χ2v) is 5.48. The van der Waals surface area contributed by atoms with Crippen molar-refractivity contribution in [2.24, 2.45) is 5.92 Å². The van der Waals surface area contributed by atoms with E-state index in [9.17, 15) is 0 Å². The van der Waals surface area contributed by atoms with E-state index < -0.39 is 0 Å². The van der Waals surface area contributed by atoms with Crippen LogP contribution in [-0.2, 0) is 0 Å². The van der Waals surface area contributed by atoms with Gasteiger partial charge in [-0.1, -0.05) is 26.8 Å². The SMILES string of the molecule is CCC(NC(CCO)c1cccs1)C(C)C. The van der Waals surface area contributed by atoms with Crippen molar-refractivity contribution in [1.82, 2.24) is 5.32 Å². The van der Waals surface area contributed by atoms with Crippen molar-refractivity contribution in [2.45, 2.75) is 45.7 Å². The molecule has 1 aromatic heterocycles. The van der Waals surface area contributed by atoms with Crippen molar-refractivity contribution in [2.75, 3.05) is 6.61 Å². The summed E-state index contributed by atoms with van der Waals surface area (Å²) in [6.45, 7) is 6.93. The third kappa shape index (κ3) is 3.89. The van der Waals surface area contributed by atoms with E-state index in [1.54, 1.807) is 11.3 Å². The van der Waals surface area contributed by atoms with Gasteiger partial charge in [0.15, 0.2) is 0 Å². The van der Waals surface area contributed by atoms with Gasteiger partial charge < -0.3 is 10.4 Å². The summed E-state index contributed by atoms with van der Waals surface area (Å²) in [5.41, 5.74) is 0. The van der Waals surface area contributed by atoms with Crippen molar-refractivity contribution in [3.8, 4) is 0 Å². The Kier molecular flexibility index (Phi) is 6.03. The Balaban J connectivity index is 2.64. The molecule has 2 atom stereocenters. The number of aliphatic hydroxyl groups is 1. The van der Waals surface area contributed by atoms with E-state index in [1.165, 1.54) is 4.88 Å². The number of hydrogen-bond acceptors (Lipinski definition) is 3. The highest BCUT2D eigenvalue weighted by atomic mass is 32.1. The zero-order chi connectivity index (χ0) is 12.0. The molecule has 0 bridgehead atoms. The normalized spacial score (nSPS) is 15.3. The monoisotopic (exact) mass is 241 g/mol. The van der Waals surface area contributed by atoms with Gasteiger partial charge in [-0.25, -0.2) is 0 Å². The molecular weight excluding hydrogens is 218 g/mol. The first-order valence-corrected chi connectivity index (χ1v) is 6.97. The topological polar surface area (TPSA) is 32.3 Å². The van der Waals surface area contributed by atoms with Crippen molar-refractivity contribution >= 4 is 11.3 Å². The zero-order valence-electron chi connectivity index (χ0n) is 10.4. The van der Waals surface area contributed by atoms with Gasteiger partial charge >= 0.3 is 0 Å². The summed E-state index contributed by atoms with van der Waals surface area (Å²) in [5, 5.41) is 14.9. The third-order valence-corrected chi connectivity index (χ3v) is 3.95.